The number of carbonyl (C=O) groups excluding carboxylic acids is 1. The van der Waals surface area contributed by atoms with Crippen molar-refractivity contribution < 1.29 is 9.53 Å². The molecule has 0 aliphatic carbocycles. The van der Waals surface area contributed by atoms with Crippen molar-refractivity contribution >= 4 is 5.91 Å². The van der Waals surface area contributed by atoms with Crippen LogP contribution in [0.15, 0.2) is 36.9 Å². The number of ether oxygens (including phenoxy) is 1. The smallest absolute Gasteiger partial charge is 0.274 e. The molecule has 2 atom stereocenters. The molecule has 2 saturated heterocycles. The number of pyridine rings is 1. The molecule has 7 heteroatoms. The molecule has 2 aliphatic heterocycles. The Hall–Kier alpha value is -2.38. The average molecular weight is 367 g/mol. The molecule has 0 radical (unpaired) electrons. The summed E-state index contributed by atoms with van der Waals surface area (Å²) in [6.45, 7) is 4.30. The Bertz CT molecular complexity index is 775. The Labute approximate surface area is 159 Å². The third-order valence-corrected chi connectivity index (χ3v) is 5.67. The standard InChI is InChI=1S/C20H25N5O2/c1-14-11-23-17(12-22-14)20(26)24-9-5-16(6-10-24)25-13-18(27-2)19(25)15-3-7-21-8-4-15/h3-4,7-8,11-12,16,18-19H,5-6,9-10,13H2,1-2H3. The topological polar surface area (TPSA) is 71.5 Å². The number of aromatic nitrogens is 3. The van der Waals surface area contributed by atoms with Crippen molar-refractivity contribution in [1.82, 2.24) is 24.8 Å². The lowest BCUT2D eigenvalue weighted by atomic mass is 9.87. The highest BCUT2D eigenvalue weighted by Gasteiger charge is 2.44. The van der Waals surface area contributed by atoms with Crippen molar-refractivity contribution in [1.29, 1.82) is 0 Å². The summed E-state index contributed by atoms with van der Waals surface area (Å²) in [4.78, 5) is 29.6. The van der Waals surface area contributed by atoms with E-state index in [1.54, 1.807) is 19.5 Å². The molecule has 7 nitrogen and oxygen atoms in total. The van der Waals surface area contributed by atoms with Gasteiger partial charge in [0, 0.05) is 51.4 Å². The monoisotopic (exact) mass is 367 g/mol. The lowest BCUT2D eigenvalue weighted by molar-refractivity contribution is -0.115. The van der Waals surface area contributed by atoms with Crippen molar-refractivity contribution in [2.24, 2.45) is 0 Å². The van der Waals surface area contributed by atoms with Gasteiger partial charge in [0.2, 0.25) is 0 Å². The van der Waals surface area contributed by atoms with Gasteiger partial charge in [-0.25, -0.2) is 4.98 Å². The van der Waals surface area contributed by atoms with Crippen LogP contribution in [0.25, 0.3) is 0 Å². The minimum Gasteiger partial charge on any atom is -0.378 e. The molecule has 4 heterocycles. The normalized spacial score (nSPS) is 23.9. The molecule has 142 valence electrons. The molecule has 0 aromatic carbocycles. The summed E-state index contributed by atoms with van der Waals surface area (Å²) in [6.07, 6.45) is 9.03. The lowest BCUT2D eigenvalue weighted by Gasteiger charge is -2.53. The maximum absolute atomic E-state index is 12.6. The van der Waals surface area contributed by atoms with E-state index in [0.717, 1.165) is 38.2 Å². The molecular weight excluding hydrogens is 342 g/mol. The van der Waals surface area contributed by atoms with Gasteiger partial charge in [-0.2, -0.15) is 0 Å². The van der Waals surface area contributed by atoms with Crippen LogP contribution in [0.5, 0.6) is 0 Å². The van der Waals surface area contributed by atoms with Gasteiger partial charge < -0.3 is 9.64 Å². The van der Waals surface area contributed by atoms with Gasteiger partial charge in [-0.1, -0.05) is 0 Å². The van der Waals surface area contributed by atoms with Crippen LogP contribution in [0.3, 0.4) is 0 Å². The number of methoxy groups -OCH3 is 1. The highest BCUT2D eigenvalue weighted by atomic mass is 16.5. The molecular formula is C20H25N5O2. The van der Waals surface area contributed by atoms with E-state index in [9.17, 15) is 4.79 Å². The Morgan fingerprint density at radius 1 is 1.15 bits per heavy atom. The highest BCUT2D eigenvalue weighted by Crippen LogP contribution is 2.39. The van der Waals surface area contributed by atoms with Crippen molar-refractivity contribution in [3.05, 3.63) is 53.9 Å². The summed E-state index contributed by atoms with van der Waals surface area (Å²) in [5, 5.41) is 0. The SMILES string of the molecule is COC1CN(C2CCN(C(=O)c3cnc(C)cn3)CC2)C1c1ccncc1. The molecule has 2 aliphatic rings. The minimum atomic E-state index is -0.0231. The number of likely N-dealkylation sites (tertiary alicyclic amines) is 2. The van der Waals surface area contributed by atoms with Gasteiger partial charge in [-0.3, -0.25) is 19.7 Å². The molecule has 2 fully saturated rings. The number of hydrogen-bond donors (Lipinski definition) is 0. The zero-order valence-electron chi connectivity index (χ0n) is 15.8. The van der Waals surface area contributed by atoms with E-state index >= 15 is 0 Å². The van der Waals surface area contributed by atoms with Crippen LogP contribution in [0.1, 0.15) is 40.6 Å². The fraction of sp³-hybridized carbons (Fsp3) is 0.500. The van der Waals surface area contributed by atoms with Gasteiger partial charge in [0.05, 0.1) is 24.0 Å². The van der Waals surface area contributed by atoms with Crippen molar-refractivity contribution in [3.8, 4) is 0 Å². The van der Waals surface area contributed by atoms with Crippen molar-refractivity contribution in [2.75, 3.05) is 26.7 Å². The van der Waals surface area contributed by atoms with Gasteiger partial charge >= 0.3 is 0 Å². The second kappa shape index (κ2) is 7.70. The summed E-state index contributed by atoms with van der Waals surface area (Å²) >= 11 is 0. The molecule has 27 heavy (non-hydrogen) atoms. The van der Waals surface area contributed by atoms with Crippen LogP contribution in [-0.4, -0.2) is 69.5 Å². The van der Waals surface area contributed by atoms with Crippen LogP contribution < -0.4 is 0 Å². The second-order valence-corrected chi connectivity index (χ2v) is 7.26. The fourth-order valence-electron chi connectivity index (χ4n) is 4.11. The summed E-state index contributed by atoms with van der Waals surface area (Å²) < 4.78 is 5.66. The first-order chi connectivity index (χ1) is 13.2. The number of hydrogen-bond acceptors (Lipinski definition) is 6. The van der Waals surface area contributed by atoms with Crippen LogP contribution >= 0.6 is 0 Å². The lowest BCUT2D eigenvalue weighted by Crippen LogP contribution is -2.60. The molecule has 0 N–H and O–H groups in total. The van der Waals surface area contributed by atoms with Crippen LogP contribution in [0.4, 0.5) is 0 Å². The van der Waals surface area contributed by atoms with Gasteiger partial charge in [-0.15, -0.1) is 0 Å². The molecule has 2 aromatic rings. The van der Waals surface area contributed by atoms with E-state index in [-0.39, 0.29) is 18.1 Å². The Morgan fingerprint density at radius 2 is 1.89 bits per heavy atom. The second-order valence-electron chi connectivity index (χ2n) is 7.26. The molecule has 2 unspecified atom stereocenters. The maximum atomic E-state index is 12.6. The van der Waals surface area contributed by atoms with Gasteiger partial charge in [0.15, 0.2) is 0 Å². The zero-order chi connectivity index (χ0) is 18.8. The number of amides is 1. The largest absolute Gasteiger partial charge is 0.378 e. The number of nitrogens with zero attached hydrogens (tertiary/aromatic N) is 5. The molecule has 1 amide bonds. The number of rotatable bonds is 4. The summed E-state index contributed by atoms with van der Waals surface area (Å²) in [5.41, 5.74) is 2.49. The van der Waals surface area contributed by atoms with Crippen molar-refractivity contribution in [3.63, 3.8) is 0 Å². The third kappa shape index (κ3) is 3.57. The number of aryl methyl sites for hydroxylation is 1. The molecule has 0 bridgehead atoms. The van der Waals surface area contributed by atoms with E-state index in [1.165, 1.54) is 5.56 Å². The predicted octanol–water partition coefficient (Wildman–Crippen LogP) is 1.86. The van der Waals surface area contributed by atoms with E-state index in [2.05, 4.69) is 32.0 Å². The van der Waals surface area contributed by atoms with Gasteiger partial charge in [0.25, 0.3) is 5.91 Å². The summed E-state index contributed by atoms with van der Waals surface area (Å²) in [5.74, 6) is -0.0231. The minimum absolute atomic E-state index is 0.0231. The van der Waals surface area contributed by atoms with Crippen LogP contribution in [0.2, 0.25) is 0 Å². The van der Waals surface area contributed by atoms with E-state index in [4.69, 9.17) is 4.74 Å². The van der Waals surface area contributed by atoms with E-state index < -0.39 is 0 Å². The average Bonchev–Trinajstić information content (AvgIpc) is 2.69. The Balaban J connectivity index is 1.39. The third-order valence-electron chi connectivity index (χ3n) is 5.67. The Morgan fingerprint density at radius 3 is 2.52 bits per heavy atom. The first-order valence-electron chi connectivity index (χ1n) is 9.43. The summed E-state index contributed by atoms with van der Waals surface area (Å²) in [6, 6.07) is 4.87. The van der Waals surface area contributed by atoms with Gasteiger partial charge in [0.1, 0.15) is 5.69 Å². The highest BCUT2D eigenvalue weighted by molar-refractivity contribution is 5.92. The predicted molar refractivity (Wildman–Crippen MR) is 100 cm³/mol. The van der Waals surface area contributed by atoms with Crippen LogP contribution in [0, 0.1) is 6.92 Å². The number of piperidine rings is 1. The molecule has 0 saturated carbocycles. The van der Waals surface area contributed by atoms with E-state index in [1.807, 2.05) is 24.2 Å². The fourth-order valence-corrected chi connectivity index (χ4v) is 4.11. The van der Waals surface area contributed by atoms with E-state index in [0.29, 0.717) is 11.7 Å². The zero-order valence-corrected chi connectivity index (χ0v) is 15.8. The molecule has 4 rings (SSSR count). The number of carbonyl (C=O) groups is 1. The van der Waals surface area contributed by atoms with Gasteiger partial charge in [-0.05, 0) is 37.5 Å². The Kier molecular flexibility index (Phi) is 5.13. The molecule has 0 spiro atoms. The molecule has 2 aromatic heterocycles. The maximum Gasteiger partial charge on any atom is 0.274 e. The van der Waals surface area contributed by atoms with Crippen molar-refractivity contribution in [2.45, 2.75) is 38.0 Å². The first kappa shape index (κ1) is 18.0. The quantitative estimate of drug-likeness (QED) is 0.821. The summed E-state index contributed by atoms with van der Waals surface area (Å²) in [7, 11) is 1.78. The first-order valence-corrected chi connectivity index (χ1v) is 9.43. The van der Waals surface area contributed by atoms with Crippen LogP contribution in [-0.2, 0) is 4.74 Å².